The van der Waals surface area contributed by atoms with Crippen LogP contribution >= 0.6 is 22.5 Å². The highest BCUT2D eigenvalue weighted by atomic mass is 33.1. The molecule has 0 atom stereocenters. The average Bonchev–Trinajstić information content (AvgIpc) is 2.00. The highest BCUT2D eigenvalue weighted by Gasteiger charge is 2.02. The Balaban J connectivity index is 3.09. The number of anilines is 2. The molecule has 0 bridgehead atoms. The van der Waals surface area contributed by atoms with Crippen LogP contribution in [0.5, 0.6) is 0 Å². The molecule has 2 nitrogen and oxygen atoms in total. The molecule has 0 spiro atoms. The van der Waals surface area contributed by atoms with Crippen molar-refractivity contribution in [2.24, 2.45) is 0 Å². The lowest BCUT2D eigenvalue weighted by Gasteiger charge is -2.07. The van der Waals surface area contributed by atoms with E-state index in [0.717, 1.165) is 28.3 Å². The van der Waals surface area contributed by atoms with Crippen LogP contribution in [0, 0.1) is 6.92 Å². The fraction of sp³-hybridized carbons (Fsp3) is 0.250. The highest BCUT2D eigenvalue weighted by molar-refractivity contribution is 8.68. The van der Waals surface area contributed by atoms with Crippen LogP contribution in [0.1, 0.15) is 11.1 Å². The molecule has 0 saturated carbocycles. The lowest BCUT2D eigenvalue weighted by atomic mass is 10.1. The second-order valence-electron chi connectivity index (χ2n) is 2.67. The largest absolute Gasteiger partial charge is 0.399 e. The molecule has 0 amide bonds. The second-order valence-corrected chi connectivity index (χ2v) is 3.99. The van der Waals surface area contributed by atoms with E-state index >= 15 is 0 Å². The Morgan fingerprint density at radius 1 is 1.42 bits per heavy atom. The van der Waals surface area contributed by atoms with Gasteiger partial charge in [-0.05, 0) is 30.2 Å². The van der Waals surface area contributed by atoms with Crippen LogP contribution in [-0.4, -0.2) is 0 Å². The van der Waals surface area contributed by atoms with Gasteiger partial charge in [0.25, 0.3) is 0 Å². The van der Waals surface area contributed by atoms with Gasteiger partial charge in [0, 0.05) is 17.1 Å². The topological polar surface area (TPSA) is 52.0 Å². The number of hydrogen-bond donors (Lipinski definition) is 3. The second kappa shape index (κ2) is 3.96. The Morgan fingerprint density at radius 3 is 2.67 bits per heavy atom. The van der Waals surface area contributed by atoms with Gasteiger partial charge in [-0.25, -0.2) is 0 Å². The average molecular weight is 200 g/mol. The molecule has 0 fully saturated rings. The summed E-state index contributed by atoms with van der Waals surface area (Å²) in [5, 5.41) is 0. The van der Waals surface area contributed by atoms with E-state index in [4.69, 9.17) is 11.5 Å². The Kier molecular flexibility index (Phi) is 3.17. The third-order valence-electron chi connectivity index (χ3n) is 1.80. The summed E-state index contributed by atoms with van der Waals surface area (Å²) >= 11 is 4.08. The van der Waals surface area contributed by atoms with Gasteiger partial charge in [-0.15, -0.1) is 11.7 Å². The summed E-state index contributed by atoms with van der Waals surface area (Å²) < 4.78 is 0. The Hall–Kier alpha value is -0.480. The highest BCUT2D eigenvalue weighted by Crippen LogP contribution is 2.25. The van der Waals surface area contributed by atoms with E-state index in [1.165, 1.54) is 10.8 Å². The summed E-state index contributed by atoms with van der Waals surface area (Å²) in [6, 6.07) is 3.72. The molecular formula is C8H12N2S2. The van der Waals surface area contributed by atoms with Crippen molar-refractivity contribution in [3.05, 3.63) is 23.3 Å². The molecular weight excluding hydrogens is 188 g/mol. The molecule has 4 heteroatoms. The normalized spacial score (nSPS) is 10.2. The summed E-state index contributed by atoms with van der Waals surface area (Å²) in [6.07, 6.45) is 0. The zero-order valence-electron chi connectivity index (χ0n) is 6.87. The molecule has 4 N–H and O–H groups in total. The lowest BCUT2D eigenvalue weighted by Crippen LogP contribution is -1.97. The summed E-state index contributed by atoms with van der Waals surface area (Å²) in [4.78, 5) is 0. The van der Waals surface area contributed by atoms with E-state index in [0.29, 0.717) is 0 Å². The zero-order chi connectivity index (χ0) is 9.14. The van der Waals surface area contributed by atoms with Crippen molar-refractivity contribution in [3.63, 3.8) is 0 Å². The van der Waals surface area contributed by atoms with E-state index in [-0.39, 0.29) is 0 Å². The summed E-state index contributed by atoms with van der Waals surface area (Å²) in [5.41, 5.74) is 15.1. The predicted molar refractivity (Wildman–Crippen MR) is 60.3 cm³/mol. The molecule has 0 heterocycles. The van der Waals surface area contributed by atoms with Gasteiger partial charge in [0.05, 0.1) is 0 Å². The smallest absolute Gasteiger partial charge is 0.0367 e. The van der Waals surface area contributed by atoms with E-state index in [1.807, 2.05) is 13.0 Å². The molecule has 0 aliphatic rings. The van der Waals surface area contributed by atoms with Crippen LogP contribution in [0.15, 0.2) is 12.1 Å². The SMILES string of the molecule is Cc1c(N)cc(N)cc1CSS. The van der Waals surface area contributed by atoms with Gasteiger partial charge in [0.15, 0.2) is 0 Å². The van der Waals surface area contributed by atoms with Crippen LogP contribution in [-0.2, 0) is 5.75 Å². The van der Waals surface area contributed by atoms with Crippen LogP contribution < -0.4 is 11.5 Å². The quantitative estimate of drug-likeness (QED) is 0.390. The maximum absolute atomic E-state index is 5.74. The first-order valence-corrected chi connectivity index (χ1v) is 5.59. The molecule has 1 rings (SSSR count). The fourth-order valence-corrected chi connectivity index (χ4v) is 1.90. The maximum atomic E-state index is 5.74. The molecule has 0 radical (unpaired) electrons. The number of nitrogen functional groups attached to an aromatic ring is 2. The molecule has 1 aromatic carbocycles. The standard InChI is InChI=1S/C8H12N2S2/c1-5-6(4-12-11)2-7(9)3-8(5)10/h2-3,11H,4,9-10H2,1H3. The first-order valence-electron chi connectivity index (χ1n) is 3.56. The van der Waals surface area contributed by atoms with E-state index in [1.54, 1.807) is 6.07 Å². The number of hydrogen-bond acceptors (Lipinski definition) is 4. The third kappa shape index (κ3) is 2.01. The van der Waals surface area contributed by atoms with Crippen molar-refractivity contribution in [3.8, 4) is 0 Å². The maximum Gasteiger partial charge on any atom is 0.0367 e. The molecule has 12 heavy (non-hydrogen) atoms. The number of rotatable bonds is 2. The molecule has 0 aliphatic heterocycles. The van der Waals surface area contributed by atoms with E-state index < -0.39 is 0 Å². The van der Waals surface area contributed by atoms with Gasteiger partial charge < -0.3 is 11.5 Å². The van der Waals surface area contributed by atoms with Crippen molar-refractivity contribution in [2.45, 2.75) is 12.7 Å². The van der Waals surface area contributed by atoms with Gasteiger partial charge in [-0.2, -0.15) is 0 Å². The summed E-state index contributed by atoms with van der Waals surface area (Å²) in [6.45, 7) is 1.99. The molecule has 0 aliphatic carbocycles. The number of benzene rings is 1. The lowest BCUT2D eigenvalue weighted by molar-refractivity contribution is 1.32. The fourth-order valence-electron chi connectivity index (χ4n) is 1.04. The molecule has 0 unspecified atom stereocenters. The number of thiol groups is 1. The van der Waals surface area contributed by atoms with E-state index in [2.05, 4.69) is 11.7 Å². The molecule has 1 aromatic rings. The number of nitrogens with two attached hydrogens (primary N) is 2. The minimum absolute atomic E-state index is 0.718. The monoisotopic (exact) mass is 200 g/mol. The van der Waals surface area contributed by atoms with Gasteiger partial charge in [-0.3, -0.25) is 0 Å². The molecule has 66 valence electrons. The molecule has 0 saturated heterocycles. The minimum Gasteiger partial charge on any atom is -0.399 e. The van der Waals surface area contributed by atoms with Crippen LogP contribution in [0.3, 0.4) is 0 Å². The van der Waals surface area contributed by atoms with Crippen LogP contribution in [0.2, 0.25) is 0 Å². The van der Waals surface area contributed by atoms with Crippen molar-refractivity contribution in [1.82, 2.24) is 0 Å². The van der Waals surface area contributed by atoms with Crippen molar-refractivity contribution < 1.29 is 0 Å². The van der Waals surface area contributed by atoms with Gasteiger partial charge >= 0.3 is 0 Å². The van der Waals surface area contributed by atoms with Crippen LogP contribution in [0.25, 0.3) is 0 Å². The van der Waals surface area contributed by atoms with Crippen molar-refractivity contribution in [2.75, 3.05) is 11.5 Å². The van der Waals surface area contributed by atoms with Gasteiger partial charge in [0.2, 0.25) is 0 Å². The summed E-state index contributed by atoms with van der Waals surface area (Å²) in [7, 11) is 1.47. The Labute approximate surface area is 81.5 Å². The Morgan fingerprint density at radius 2 is 2.08 bits per heavy atom. The first kappa shape index (κ1) is 9.61. The van der Waals surface area contributed by atoms with Gasteiger partial charge in [-0.1, -0.05) is 10.8 Å². The predicted octanol–water partition coefficient (Wildman–Crippen LogP) is 2.24. The van der Waals surface area contributed by atoms with Gasteiger partial charge in [0.1, 0.15) is 0 Å². The van der Waals surface area contributed by atoms with Crippen molar-refractivity contribution >= 4 is 33.8 Å². The zero-order valence-corrected chi connectivity index (χ0v) is 8.58. The third-order valence-corrected chi connectivity index (χ3v) is 2.63. The molecule has 0 aromatic heterocycles. The summed E-state index contributed by atoms with van der Waals surface area (Å²) in [5.74, 6) is 0.837. The van der Waals surface area contributed by atoms with Crippen molar-refractivity contribution in [1.29, 1.82) is 0 Å². The van der Waals surface area contributed by atoms with E-state index in [9.17, 15) is 0 Å². The first-order chi connectivity index (χ1) is 5.65. The Bertz CT molecular complexity index is 287. The van der Waals surface area contributed by atoms with Crippen LogP contribution in [0.4, 0.5) is 11.4 Å². The minimum atomic E-state index is 0.718.